The SMILES string of the molecule is CC(=O)OCC(COC(C)=O)Cc1nc2nc(N)nc(I)c2[nH]1. The molecular formula is C13H16IN5O4. The average Bonchev–Trinajstić information content (AvgIpc) is 2.84. The second-order valence-electron chi connectivity index (χ2n) is 4.93. The highest BCUT2D eigenvalue weighted by Gasteiger charge is 2.17. The number of aromatic amines is 1. The van der Waals surface area contributed by atoms with Crippen molar-refractivity contribution in [3.63, 3.8) is 0 Å². The van der Waals surface area contributed by atoms with Gasteiger partial charge in [0.05, 0.1) is 13.2 Å². The fourth-order valence-corrected chi connectivity index (χ4v) is 2.56. The van der Waals surface area contributed by atoms with Crippen LogP contribution in [0.25, 0.3) is 11.2 Å². The van der Waals surface area contributed by atoms with E-state index < -0.39 is 11.9 Å². The van der Waals surface area contributed by atoms with E-state index in [4.69, 9.17) is 15.2 Å². The van der Waals surface area contributed by atoms with Gasteiger partial charge in [-0.2, -0.15) is 4.98 Å². The molecule has 0 spiro atoms. The molecule has 2 heterocycles. The van der Waals surface area contributed by atoms with Gasteiger partial charge in [0.25, 0.3) is 0 Å². The summed E-state index contributed by atoms with van der Waals surface area (Å²) in [6, 6.07) is 0. The predicted octanol–water partition coefficient (Wildman–Crippen LogP) is 0.825. The molecule has 0 atom stereocenters. The second kappa shape index (κ2) is 7.53. The van der Waals surface area contributed by atoms with Crippen molar-refractivity contribution in [1.29, 1.82) is 0 Å². The van der Waals surface area contributed by atoms with Gasteiger partial charge in [0, 0.05) is 26.2 Å². The number of fused-ring (bicyclic) bond motifs is 1. The topological polar surface area (TPSA) is 133 Å². The van der Waals surface area contributed by atoms with Crippen molar-refractivity contribution in [2.45, 2.75) is 20.3 Å². The molecule has 0 saturated carbocycles. The minimum atomic E-state index is -0.393. The molecule has 2 aromatic rings. The van der Waals surface area contributed by atoms with Crippen LogP contribution in [0.2, 0.25) is 0 Å². The van der Waals surface area contributed by atoms with Crippen molar-refractivity contribution < 1.29 is 19.1 Å². The lowest BCUT2D eigenvalue weighted by Gasteiger charge is -2.15. The quantitative estimate of drug-likeness (QED) is 0.389. The molecule has 0 aliphatic carbocycles. The largest absolute Gasteiger partial charge is 0.465 e. The summed E-state index contributed by atoms with van der Waals surface area (Å²) in [5.41, 5.74) is 6.76. The standard InChI is InChI=1S/C13H16IN5O4/c1-6(20)22-4-8(5-23-7(2)21)3-9-16-10-11(14)18-13(15)19-12(10)17-9/h8H,3-5H2,1-2H3,(H3,15,16,17,18,19). The van der Waals surface area contributed by atoms with Crippen LogP contribution in [0.5, 0.6) is 0 Å². The molecule has 10 heteroatoms. The molecule has 2 aromatic heterocycles. The van der Waals surface area contributed by atoms with Gasteiger partial charge in [-0.05, 0) is 22.6 Å². The van der Waals surface area contributed by atoms with E-state index >= 15 is 0 Å². The first-order valence-corrected chi connectivity index (χ1v) is 7.87. The number of esters is 2. The first-order valence-electron chi connectivity index (χ1n) is 6.79. The van der Waals surface area contributed by atoms with Crippen molar-refractivity contribution in [1.82, 2.24) is 19.9 Å². The first-order chi connectivity index (χ1) is 10.8. The van der Waals surface area contributed by atoms with Crippen molar-refractivity contribution in [3.05, 3.63) is 9.53 Å². The second-order valence-corrected chi connectivity index (χ2v) is 5.95. The number of nitrogens with one attached hydrogen (secondary N) is 1. The van der Waals surface area contributed by atoms with Gasteiger partial charge >= 0.3 is 11.9 Å². The number of anilines is 1. The summed E-state index contributed by atoms with van der Waals surface area (Å²) >= 11 is 2.04. The zero-order chi connectivity index (χ0) is 17.0. The zero-order valence-electron chi connectivity index (χ0n) is 12.6. The molecule has 9 nitrogen and oxygen atoms in total. The number of nitrogens with zero attached hydrogens (tertiary/aromatic N) is 3. The number of rotatable bonds is 6. The molecule has 0 fully saturated rings. The Morgan fingerprint density at radius 3 is 2.35 bits per heavy atom. The highest BCUT2D eigenvalue weighted by molar-refractivity contribution is 14.1. The number of nitrogen functional groups attached to an aromatic ring is 1. The Kier molecular flexibility index (Phi) is 5.69. The van der Waals surface area contributed by atoms with Gasteiger partial charge in [0.15, 0.2) is 5.65 Å². The molecule has 0 aromatic carbocycles. The maximum atomic E-state index is 11.0. The fraction of sp³-hybridized carbons (Fsp3) is 0.462. The number of carbonyl (C=O) groups is 2. The molecule has 0 aliphatic heterocycles. The highest BCUT2D eigenvalue weighted by Crippen LogP contribution is 2.18. The number of halogens is 1. The van der Waals surface area contributed by atoms with E-state index in [1.54, 1.807) is 0 Å². The maximum absolute atomic E-state index is 11.0. The number of hydrogen-bond acceptors (Lipinski definition) is 8. The minimum absolute atomic E-state index is 0.130. The monoisotopic (exact) mass is 433 g/mol. The highest BCUT2D eigenvalue weighted by atomic mass is 127. The summed E-state index contributed by atoms with van der Waals surface area (Å²) in [7, 11) is 0. The Hall–Kier alpha value is -1.98. The van der Waals surface area contributed by atoms with Crippen LogP contribution in [-0.2, 0) is 25.5 Å². The number of carbonyl (C=O) groups excluding carboxylic acids is 2. The van der Waals surface area contributed by atoms with Crippen LogP contribution in [0.15, 0.2) is 0 Å². The molecule has 0 aliphatic rings. The molecule has 0 unspecified atom stereocenters. The van der Waals surface area contributed by atoms with E-state index in [9.17, 15) is 9.59 Å². The number of ether oxygens (including phenoxy) is 2. The van der Waals surface area contributed by atoms with E-state index in [-0.39, 0.29) is 25.1 Å². The third kappa shape index (κ3) is 5.01. The normalized spacial score (nSPS) is 11.0. The van der Waals surface area contributed by atoms with E-state index in [1.165, 1.54) is 13.8 Å². The summed E-state index contributed by atoms with van der Waals surface area (Å²) in [5.74, 6) is -0.226. The number of aromatic nitrogens is 4. The van der Waals surface area contributed by atoms with E-state index in [0.29, 0.717) is 27.1 Å². The van der Waals surface area contributed by atoms with Crippen molar-refractivity contribution in [2.75, 3.05) is 18.9 Å². The van der Waals surface area contributed by atoms with Crippen molar-refractivity contribution in [2.24, 2.45) is 5.92 Å². The Labute approximate surface area is 145 Å². The maximum Gasteiger partial charge on any atom is 0.302 e. The molecule has 124 valence electrons. The number of imidazole rings is 1. The van der Waals surface area contributed by atoms with Crippen LogP contribution in [0.1, 0.15) is 19.7 Å². The Morgan fingerprint density at radius 2 is 1.78 bits per heavy atom. The van der Waals surface area contributed by atoms with Gasteiger partial charge in [0.1, 0.15) is 15.0 Å². The lowest BCUT2D eigenvalue weighted by atomic mass is 10.1. The number of hydrogen-bond donors (Lipinski definition) is 2. The molecular weight excluding hydrogens is 417 g/mol. The number of nitrogens with two attached hydrogens (primary N) is 1. The van der Waals surface area contributed by atoms with Crippen LogP contribution in [0.3, 0.4) is 0 Å². The first kappa shape index (κ1) is 17.4. The smallest absolute Gasteiger partial charge is 0.302 e. The Bertz CT molecular complexity index is 714. The minimum Gasteiger partial charge on any atom is -0.465 e. The van der Waals surface area contributed by atoms with Crippen LogP contribution in [-0.4, -0.2) is 45.1 Å². The molecule has 0 radical (unpaired) electrons. The van der Waals surface area contributed by atoms with Crippen LogP contribution >= 0.6 is 22.6 Å². The zero-order valence-corrected chi connectivity index (χ0v) is 14.8. The summed E-state index contributed by atoms with van der Waals surface area (Å²) in [6.07, 6.45) is 0.424. The van der Waals surface area contributed by atoms with Crippen LogP contribution in [0.4, 0.5) is 5.95 Å². The lowest BCUT2D eigenvalue weighted by molar-refractivity contribution is -0.146. The van der Waals surface area contributed by atoms with Crippen LogP contribution < -0.4 is 5.73 Å². The van der Waals surface area contributed by atoms with Gasteiger partial charge < -0.3 is 20.2 Å². The van der Waals surface area contributed by atoms with Crippen molar-refractivity contribution >= 4 is 51.6 Å². The number of H-pyrrole nitrogens is 1. The van der Waals surface area contributed by atoms with Gasteiger partial charge in [-0.1, -0.05) is 0 Å². The predicted molar refractivity (Wildman–Crippen MR) is 89.3 cm³/mol. The van der Waals surface area contributed by atoms with Crippen molar-refractivity contribution in [3.8, 4) is 0 Å². The summed E-state index contributed by atoms with van der Waals surface area (Å²) in [6.45, 7) is 2.91. The van der Waals surface area contributed by atoms with E-state index in [1.807, 2.05) is 22.6 Å². The van der Waals surface area contributed by atoms with Gasteiger partial charge in [-0.25, -0.2) is 9.97 Å². The molecule has 3 N–H and O–H groups in total. The average molecular weight is 433 g/mol. The van der Waals surface area contributed by atoms with Gasteiger partial charge in [-0.15, -0.1) is 0 Å². The summed E-state index contributed by atoms with van der Waals surface area (Å²) in [5, 5.41) is 0. The third-order valence-electron chi connectivity index (χ3n) is 2.90. The Morgan fingerprint density at radius 1 is 1.17 bits per heavy atom. The molecule has 23 heavy (non-hydrogen) atoms. The van der Waals surface area contributed by atoms with E-state index in [0.717, 1.165) is 0 Å². The Balaban J connectivity index is 2.15. The van der Waals surface area contributed by atoms with Gasteiger partial charge in [-0.3, -0.25) is 9.59 Å². The summed E-state index contributed by atoms with van der Waals surface area (Å²) < 4.78 is 10.7. The lowest BCUT2D eigenvalue weighted by Crippen LogP contribution is -2.22. The summed E-state index contributed by atoms with van der Waals surface area (Å²) in [4.78, 5) is 37.5. The molecule has 2 rings (SSSR count). The molecule has 0 bridgehead atoms. The molecule has 0 saturated heterocycles. The van der Waals surface area contributed by atoms with Crippen LogP contribution in [0, 0.1) is 9.62 Å². The third-order valence-corrected chi connectivity index (χ3v) is 3.68. The van der Waals surface area contributed by atoms with E-state index in [2.05, 4.69) is 19.9 Å². The fourth-order valence-electron chi connectivity index (χ4n) is 1.93. The molecule has 0 amide bonds. The van der Waals surface area contributed by atoms with Gasteiger partial charge in [0.2, 0.25) is 5.95 Å².